The molecule has 0 aromatic carbocycles. The fraction of sp³-hybridized carbons (Fsp3) is 0.818. The minimum absolute atomic E-state index is 0.789. The highest BCUT2D eigenvalue weighted by Crippen LogP contribution is 1.93. The standard InChI is InChI=1S/C11H22N2/c1-4-10-13(6-3)11-8-7-9-12-5-2/h1,12H,5-11H2,2-3H3. The first-order valence-electron chi connectivity index (χ1n) is 5.21. The summed E-state index contributed by atoms with van der Waals surface area (Å²) >= 11 is 0. The molecule has 0 atom stereocenters. The molecule has 13 heavy (non-hydrogen) atoms. The maximum Gasteiger partial charge on any atom is 0.0598 e. The Morgan fingerprint density at radius 2 is 2.08 bits per heavy atom. The molecule has 0 spiro atoms. The molecule has 0 aliphatic rings. The molecule has 0 aromatic heterocycles. The maximum atomic E-state index is 5.25. The van der Waals surface area contributed by atoms with Crippen molar-refractivity contribution >= 4 is 0 Å². The summed E-state index contributed by atoms with van der Waals surface area (Å²) < 4.78 is 0. The van der Waals surface area contributed by atoms with Crippen molar-refractivity contribution in [3.8, 4) is 12.3 Å². The minimum Gasteiger partial charge on any atom is -0.317 e. The van der Waals surface area contributed by atoms with E-state index in [0.29, 0.717) is 0 Å². The zero-order chi connectivity index (χ0) is 9.94. The van der Waals surface area contributed by atoms with Gasteiger partial charge in [0.2, 0.25) is 0 Å². The second kappa shape index (κ2) is 9.57. The highest BCUT2D eigenvalue weighted by Gasteiger charge is 1.98. The maximum absolute atomic E-state index is 5.25. The van der Waals surface area contributed by atoms with Crippen LogP contribution < -0.4 is 5.32 Å². The molecule has 0 heterocycles. The van der Waals surface area contributed by atoms with E-state index >= 15 is 0 Å². The number of unbranched alkanes of at least 4 members (excludes halogenated alkanes) is 1. The molecular formula is C11H22N2. The normalized spacial score (nSPS) is 10.3. The van der Waals surface area contributed by atoms with Crippen molar-refractivity contribution in [1.82, 2.24) is 10.2 Å². The lowest BCUT2D eigenvalue weighted by atomic mass is 10.3. The summed E-state index contributed by atoms with van der Waals surface area (Å²) in [5.74, 6) is 2.68. The molecular weight excluding hydrogens is 160 g/mol. The van der Waals surface area contributed by atoms with E-state index in [0.717, 1.165) is 32.7 Å². The van der Waals surface area contributed by atoms with Crippen molar-refractivity contribution in [1.29, 1.82) is 0 Å². The predicted molar refractivity (Wildman–Crippen MR) is 58.7 cm³/mol. The van der Waals surface area contributed by atoms with Crippen LogP contribution >= 0.6 is 0 Å². The summed E-state index contributed by atoms with van der Waals surface area (Å²) in [6.45, 7) is 9.47. The van der Waals surface area contributed by atoms with Crippen LogP contribution in [0.3, 0.4) is 0 Å². The Bertz CT molecular complexity index is 138. The van der Waals surface area contributed by atoms with Crippen LogP contribution in [0.2, 0.25) is 0 Å². The quantitative estimate of drug-likeness (QED) is 0.450. The Morgan fingerprint density at radius 1 is 1.31 bits per heavy atom. The van der Waals surface area contributed by atoms with Crippen LogP contribution in [0.15, 0.2) is 0 Å². The first-order chi connectivity index (χ1) is 6.35. The number of nitrogens with zero attached hydrogens (tertiary/aromatic N) is 1. The number of nitrogens with one attached hydrogen (secondary N) is 1. The molecule has 1 N–H and O–H groups in total. The Balaban J connectivity index is 3.23. The van der Waals surface area contributed by atoms with Crippen molar-refractivity contribution in [2.75, 3.05) is 32.7 Å². The van der Waals surface area contributed by atoms with Crippen molar-refractivity contribution in [2.24, 2.45) is 0 Å². The van der Waals surface area contributed by atoms with E-state index in [1.165, 1.54) is 12.8 Å². The zero-order valence-corrected chi connectivity index (χ0v) is 8.97. The van der Waals surface area contributed by atoms with E-state index in [1.807, 2.05) is 0 Å². The Labute approximate surface area is 82.7 Å². The molecule has 0 aliphatic heterocycles. The van der Waals surface area contributed by atoms with Crippen molar-refractivity contribution < 1.29 is 0 Å². The van der Waals surface area contributed by atoms with Crippen LogP contribution in [-0.4, -0.2) is 37.6 Å². The Morgan fingerprint density at radius 3 is 2.62 bits per heavy atom. The molecule has 2 nitrogen and oxygen atoms in total. The van der Waals surface area contributed by atoms with Crippen molar-refractivity contribution in [2.45, 2.75) is 26.7 Å². The molecule has 76 valence electrons. The number of rotatable bonds is 8. The van der Waals surface area contributed by atoms with Gasteiger partial charge in [-0.3, -0.25) is 4.90 Å². The van der Waals surface area contributed by atoms with Crippen LogP contribution in [0.4, 0.5) is 0 Å². The second-order valence-electron chi connectivity index (χ2n) is 3.13. The number of hydrogen-bond donors (Lipinski definition) is 1. The SMILES string of the molecule is C#CCN(CC)CCCCNCC. The first kappa shape index (κ1) is 12.5. The zero-order valence-electron chi connectivity index (χ0n) is 8.97. The van der Waals surface area contributed by atoms with Gasteiger partial charge in [-0.25, -0.2) is 0 Å². The molecule has 0 saturated heterocycles. The highest BCUT2D eigenvalue weighted by molar-refractivity contribution is 4.87. The number of terminal acetylenes is 1. The van der Waals surface area contributed by atoms with Crippen LogP contribution in [0.25, 0.3) is 0 Å². The Kier molecular flexibility index (Phi) is 9.18. The van der Waals surface area contributed by atoms with E-state index in [1.54, 1.807) is 0 Å². The molecule has 2 heteroatoms. The first-order valence-corrected chi connectivity index (χ1v) is 5.21. The lowest BCUT2D eigenvalue weighted by Crippen LogP contribution is -2.25. The topological polar surface area (TPSA) is 15.3 Å². The third-order valence-electron chi connectivity index (χ3n) is 2.09. The lowest BCUT2D eigenvalue weighted by molar-refractivity contribution is 0.315. The van der Waals surface area contributed by atoms with Gasteiger partial charge in [-0.15, -0.1) is 6.42 Å². The minimum atomic E-state index is 0.789. The average molecular weight is 182 g/mol. The summed E-state index contributed by atoms with van der Waals surface area (Å²) in [5.41, 5.74) is 0. The van der Waals surface area contributed by atoms with Gasteiger partial charge in [0, 0.05) is 0 Å². The van der Waals surface area contributed by atoms with Gasteiger partial charge in [0.05, 0.1) is 6.54 Å². The van der Waals surface area contributed by atoms with Crippen LogP contribution in [-0.2, 0) is 0 Å². The molecule has 0 fully saturated rings. The fourth-order valence-corrected chi connectivity index (χ4v) is 1.24. The van der Waals surface area contributed by atoms with Crippen molar-refractivity contribution in [3.05, 3.63) is 0 Å². The monoisotopic (exact) mass is 182 g/mol. The third kappa shape index (κ3) is 7.83. The number of hydrogen-bond acceptors (Lipinski definition) is 2. The molecule has 0 bridgehead atoms. The molecule has 0 saturated carbocycles. The molecule has 0 rings (SSSR count). The summed E-state index contributed by atoms with van der Waals surface area (Å²) in [6, 6.07) is 0. The fourth-order valence-electron chi connectivity index (χ4n) is 1.24. The lowest BCUT2D eigenvalue weighted by Gasteiger charge is -2.16. The molecule has 0 amide bonds. The summed E-state index contributed by atoms with van der Waals surface area (Å²) in [7, 11) is 0. The van der Waals surface area contributed by atoms with E-state index in [9.17, 15) is 0 Å². The van der Waals surface area contributed by atoms with Gasteiger partial charge in [-0.1, -0.05) is 19.8 Å². The van der Waals surface area contributed by atoms with Crippen molar-refractivity contribution in [3.63, 3.8) is 0 Å². The van der Waals surface area contributed by atoms with E-state index < -0.39 is 0 Å². The van der Waals surface area contributed by atoms with Crippen LogP contribution in [0.1, 0.15) is 26.7 Å². The van der Waals surface area contributed by atoms with Gasteiger partial charge in [-0.2, -0.15) is 0 Å². The Hall–Kier alpha value is -0.520. The summed E-state index contributed by atoms with van der Waals surface area (Å²) in [6.07, 6.45) is 7.74. The summed E-state index contributed by atoms with van der Waals surface area (Å²) in [4.78, 5) is 2.30. The third-order valence-corrected chi connectivity index (χ3v) is 2.09. The van der Waals surface area contributed by atoms with Gasteiger partial charge in [0.25, 0.3) is 0 Å². The van der Waals surface area contributed by atoms with Gasteiger partial charge < -0.3 is 5.32 Å². The van der Waals surface area contributed by atoms with Crippen LogP contribution in [0.5, 0.6) is 0 Å². The smallest absolute Gasteiger partial charge is 0.0598 e. The highest BCUT2D eigenvalue weighted by atomic mass is 15.1. The second-order valence-corrected chi connectivity index (χ2v) is 3.13. The molecule has 0 aliphatic carbocycles. The van der Waals surface area contributed by atoms with E-state index in [-0.39, 0.29) is 0 Å². The van der Waals surface area contributed by atoms with Gasteiger partial charge in [0.15, 0.2) is 0 Å². The van der Waals surface area contributed by atoms with Gasteiger partial charge in [0.1, 0.15) is 0 Å². The predicted octanol–water partition coefficient (Wildman–Crippen LogP) is 1.33. The summed E-state index contributed by atoms with van der Waals surface area (Å²) in [5, 5.41) is 3.31. The van der Waals surface area contributed by atoms with E-state index in [4.69, 9.17) is 6.42 Å². The van der Waals surface area contributed by atoms with Crippen LogP contribution in [0, 0.1) is 12.3 Å². The molecule has 0 aromatic rings. The molecule has 0 unspecified atom stereocenters. The molecule has 0 radical (unpaired) electrons. The van der Waals surface area contributed by atoms with E-state index in [2.05, 4.69) is 30.0 Å². The van der Waals surface area contributed by atoms with Gasteiger partial charge in [-0.05, 0) is 39.0 Å². The van der Waals surface area contributed by atoms with Gasteiger partial charge >= 0.3 is 0 Å². The largest absolute Gasteiger partial charge is 0.317 e. The average Bonchev–Trinajstić information content (AvgIpc) is 2.16.